The molecule has 4 aromatic rings. The topological polar surface area (TPSA) is 56.4 Å². The third-order valence-corrected chi connectivity index (χ3v) is 4.94. The van der Waals surface area contributed by atoms with E-state index in [1.165, 1.54) is 0 Å². The van der Waals surface area contributed by atoms with Crippen LogP contribution in [0.5, 0.6) is 5.75 Å². The lowest BCUT2D eigenvalue weighted by atomic mass is 10.1. The number of carbonyl (C=O) groups excluding carboxylic acids is 1. The molecule has 0 aliphatic carbocycles. The number of hydrogen-bond acceptors (Lipinski definition) is 3. The molecule has 2 heterocycles. The van der Waals surface area contributed by atoms with Gasteiger partial charge in [-0.25, -0.2) is 0 Å². The van der Waals surface area contributed by atoms with Gasteiger partial charge in [0.05, 0.1) is 6.04 Å². The monoisotopic (exact) mass is 420 g/mol. The molecule has 4 rings (SSSR count). The predicted molar refractivity (Wildman–Crippen MR) is 116 cm³/mol. The molecule has 1 N–H and O–H groups in total. The molecule has 6 heteroatoms. The predicted octanol–water partition coefficient (Wildman–Crippen LogP) is 5.79. The van der Waals surface area contributed by atoms with Crippen LogP contribution < -0.4 is 10.1 Å². The van der Waals surface area contributed by atoms with Gasteiger partial charge < -0.3 is 19.0 Å². The average Bonchev–Trinajstić information content (AvgIpc) is 3.45. The minimum Gasteiger partial charge on any atom is -0.486 e. The number of ether oxygens (including phenoxy) is 1. The number of nitrogens with one attached hydrogen (secondary N) is 1. The third kappa shape index (κ3) is 4.75. The van der Waals surface area contributed by atoms with Crippen LogP contribution in [0.25, 0.3) is 5.69 Å². The lowest BCUT2D eigenvalue weighted by Crippen LogP contribution is -2.26. The minimum absolute atomic E-state index is 0.160. The summed E-state index contributed by atoms with van der Waals surface area (Å²) < 4.78 is 13.3. The second kappa shape index (κ2) is 8.93. The molecule has 5 nitrogen and oxygen atoms in total. The number of hydrogen-bond donors (Lipinski definition) is 1. The van der Waals surface area contributed by atoms with Crippen molar-refractivity contribution in [1.29, 1.82) is 0 Å². The molecule has 0 radical (unpaired) electrons. The Labute approximate surface area is 179 Å². The molecule has 1 amide bonds. The SMILES string of the molecule is CC(NC(=O)c1ccc(COc2cccc(Cl)c2)o1)c1ccc(-n2cccc2)cc1. The second-order valence-electron chi connectivity index (χ2n) is 6.89. The molecule has 30 heavy (non-hydrogen) atoms. The van der Waals surface area contributed by atoms with Gasteiger partial charge in [-0.15, -0.1) is 0 Å². The van der Waals surface area contributed by atoms with E-state index in [2.05, 4.69) is 5.32 Å². The summed E-state index contributed by atoms with van der Waals surface area (Å²) in [4.78, 5) is 12.5. The number of carbonyl (C=O) groups is 1. The Hall–Kier alpha value is -3.44. The Morgan fingerprint density at radius 3 is 2.57 bits per heavy atom. The zero-order valence-electron chi connectivity index (χ0n) is 16.4. The van der Waals surface area contributed by atoms with Gasteiger partial charge in [-0.3, -0.25) is 4.79 Å². The molecule has 0 spiro atoms. The molecular weight excluding hydrogens is 400 g/mol. The van der Waals surface area contributed by atoms with E-state index in [-0.39, 0.29) is 24.3 Å². The number of furan rings is 1. The van der Waals surface area contributed by atoms with Crippen molar-refractivity contribution in [2.75, 3.05) is 0 Å². The van der Waals surface area contributed by atoms with Crippen LogP contribution in [0.3, 0.4) is 0 Å². The molecule has 2 aromatic heterocycles. The zero-order chi connectivity index (χ0) is 20.9. The summed E-state index contributed by atoms with van der Waals surface area (Å²) >= 11 is 5.95. The maximum Gasteiger partial charge on any atom is 0.287 e. The van der Waals surface area contributed by atoms with Crippen LogP contribution in [0.4, 0.5) is 0 Å². The summed E-state index contributed by atoms with van der Waals surface area (Å²) in [6.45, 7) is 2.15. The largest absolute Gasteiger partial charge is 0.486 e. The van der Waals surface area contributed by atoms with Crippen LogP contribution >= 0.6 is 11.6 Å². The van der Waals surface area contributed by atoms with Gasteiger partial charge in [0.2, 0.25) is 0 Å². The van der Waals surface area contributed by atoms with Gasteiger partial charge in [0.25, 0.3) is 5.91 Å². The Kier molecular flexibility index (Phi) is 5.91. The van der Waals surface area contributed by atoms with Crippen molar-refractivity contribution in [1.82, 2.24) is 9.88 Å². The number of rotatable bonds is 7. The highest BCUT2D eigenvalue weighted by Crippen LogP contribution is 2.20. The summed E-state index contributed by atoms with van der Waals surface area (Å²) in [5, 5.41) is 3.56. The number of benzene rings is 2. The molecule has 0 bridgehead atoms. The van der Waals surface area contributed by atoms with Gasteiger partial charge in [-0.2, -0.15) is 0 Å². The Bertz CT molecular complexity index is 1120. The summed E-state index contributed by atoms with van der Waals surface area (Å²) in [6.07, 6.45) is 3.98. The standard InChI is InChI=1S/C24H21ClN2O3/c1-17(18-7-9-20(10-8-18)27-13-2-3-14-27)26-24(28)23-12-11-22(30-23)16-29-21-6-4-5-19(25)15-21/h2-15,17H,16H2,1H3,(H,26,28). The first-order valence-corrected chi connectivity index (χ1v) is 9.97. The number of nitrogens with zero attached hydrogens (tertiary/aromatic N) is 1. The molecule has 0 fully saturated rings. The van der Waals surface area contributed by atoms with Crippen molar-refractivity contribution in [3.05, 3.63) is 107 Å². The van der Waals surface area contributed by atoms with E-state index in [4.69, 9.17) is 20.8 Å². The minimum atomic E-state index is -0.272. The summed E-state index contributed by atoms with van der Waals surface area (Å²) in [5.41, 5.74) is 2.08. The molecule has 0 aliphatic rings. The van der Waals surface area contributed by atoms with Gasteiger partial charge in [0.1, 0.15) is 18.1 Å². The Morgan fingerprint density at radius 2 is 1.83 bits per heavy atom. The van der Waals surface area contributed by atoms with Gasteiger partial charge in [0, 0.05) is 23.1 Å². The Balaban J connectivity index is 1.34. The van der Waals surface area contributed by atoms with E-state index >= 15 is 0 Å². The number of aromatic nitrogens is 1. The van der Waals surface area contributed by atoms with Crippen LogP contribution in [-0.2, 0) is 6.61 Å². The van der Waals surface area contributed by atoms with E-state index in [0.717, 1.165) is 11.3 Å². The summed E-state index contributed by atoms with van der Waals surface area (Å²) in [5.74, 6) is 1.17. The highest BCUT2D eigenvalue weighted by molar-refractivity contribution is 6.30. The van der Waals surface area contributed by atoms with Crippen LogP contribution in [-0.4, -0.2) is 10.5 Å². The van der Waals surface area contributed by atoms with Gasteiger partial charge in [-0.05, 0) is 67.1 Å². The first-order valence-electron chi connectivity index (χ1n) is 9.60. The van der Waals surface area contributed by atoms with Crippen LogP contribution in [0.1, 0.15) is 34.8 Å². The fraction of sp³-hybridized carbons (Fsp3) is 0.125. The first kappa shape index (κ1) is 19.9. The van der Waals surface area contributed by atoms with E-state index in [1.807, 2.05) is 72.4 Å². The lowest BCUT2D eigenvalue weighted by molar-refractivity contribution is 0.0907. The van der Waals surface area contributed by atoms with Crippen molar-refractivity contribution in [2.45, 2.75) is 19.6 Å². The lowest BCUT2D eigenvalue weighted by Gasteiger charge is -2.14. The summed E-state index contributed by atoms with van der Waals surface area (Å²) in [6, 6.07) is 22.4. The fourth-order valence-corrected chi connectivity index (χ4v) is 3.26. The van der Waals surface area contributed by atoms with Gasteiger partial charge in [0.15, 0.2) is 5.76 Å². The Morgan fingerprint density at radius 1 is 1.07 bits per heavy atom. The zero-order valence-corrected chi connectivity index (χ0v) is 17.2. The molecule has 1 atom stereocenters. The molecular formula is C24H21ClN2O3. The van der Waals surface area contributed by atoms with E-state index in [9.17, 15) is 4.79 Å². The molecule has 0 saturated carbocycles. The maximum absolute atomic E-state index is 12.5. The fourth-order valence-electron chi connectivity index (χ4n) is 3.08. The van der Waals surface area contributed by atoms with E-state index in [1.54, 1.807) is 24.3 Å². The molecule has 0 saturated heterocycles. The van der Waals surface area contributed by atoms with Gasteiger partial charge in [-0.1, -0.05) is 29.8 Å². The van der Waals surface area contributed by atoms with Crippen molar-refractivity contribution < 1.29 is 13.9 Å². The van der Waals surface area contributed by atoms with Crippen LogP contribution in [0.2, 0.25) is 5.02 Å². The van der Waals surface area contributed by atoms with Crippen LogP contribution in [0.15, 0.2) is 89.6 Å². The summed E-state index contributed by atoms with van der Waals surface area (Å²) in [7, 11) is 0. The molecule has 2 aromatic carbocycles. The first-order chi connectivity index (χ1) is 14.6. The smallest absolute Gasteiger partial charge is 0.287 e. The highest BCUT2D eigenvalue weighted by Gasteiger charge is 2.15. The van der Waals surface area contributed by atoms with Gasteiger partial charge >= 0.3 is 0 Å². The molecule has 152 valence electrons. The van der Waals surface area contributed by atoms with Crippen molar-refractivity contribution in [3.63, 3.8) is 0 Å². The van der Waals surface area contributed by atoms with Crippen molar-refractivity contribution >= 4 is 17.5 Å². The number of halogens is 1. The number of amides is 1. The van der Waals surface area contributed by atoms with Crippen LogP contribution in [0, 0.1) is 0 Å². The quantitative estimate of drug-likeness (QED) is 0.411. The molecule has 1 unspecified atom stereocenters. The second-order valence-corrected chi connectivity index (χ2v) is 7.33. The third-order valence-electron chi connectivity index (χ3n) is 4.71. The maximum atomic E-state index is 12.5. The normalized spacial score (nSPS) is 11.8. The molecule has 0 aliphatic heterocycles. The van der Waals surface area contributed by atoms with Crippen molar-refractivity contribution in [2.24, 2.45) is 0 Å². The average molecular weight is 421 g/mol. The highest BCUT2D eigenvalue weighted by atomic mass is 35.5. The van der Waals surface area contributed by atoms with E-state index < -0.39 is 0 Å². The van der Waals surface area contributed by atoms with Crippen molar-refractivity contribution in [3.8, 4) is 11.4 Å². The van der Waals surface area contributed by atoms with E-state index in [0.29, 0.717) is 16.5 Å².